The molecule has 5 heteroatoms. The smallest absolute Gasteiger partial charge is 0.314 e. The molecular weight excluding hydrogens is 181 g/mol. The maximum absolute atomic E-state index is 12.1. The first-order valence-electron chi connectivity index (χ1n) is 4.54. The van der Waals surface area contributed by atoms with Gasteiger partial charge in [-0.05, 0) is 12.8 Å². The molecule has 1 spiro atoms. The largest absolute Gasteiger partial charge is 0.401 e. The first-order chi connectivity index (χ1) is 6.02. The van der Waals surface area contributed by atoms with E-state index in [9.17, 15) is 13.2 Å². The summed E-state index contributed by atoms with van der Waals surface area (Å²) in [7, 11) is 0. The molecule has 0 atom stereocenters. The highest BCUT2D eigenvalue weighted by atomic mass is 19.4. The summed E-state index contributed by atoms with van der Waals surface area (Å²) in [5.41, 5.74) is -0.145. The standard InChI is InChI=1S/C8H13F3N2/c9-8(10,11)6-13-4-3-12-5-7(13)1-2-7/h12H,1-6H2. The number of piperazine rings is 1. The van der Waals surface area contributed by atoms with E-state index in [-0.39, 0.29) is 5.54 Å². The van der Waals surface area contributed by atoms with E-state index >= 15 is 0 Å². The van der Waals surface area contributed by atoms with E-state index in [1.807, 2.05) is 0 Å². The highest BCUT2D eigenvalue weighted by molar-refractivity contribution is 5.07. The molecule has 0 unspecified atom stereocenters. The summed E-state index contributed by atoms with van der Waals surface area (Å²) >= 11 is 0. The molecule has 0 radical (unpaired) electrons. The predicted molar refractivity (Wildman–Crippen MR) is 42.5 cm³/mol. The molecule has 1 saturated heterocycles. The number of hydrogen-bond donors (Lipinski definition) is 1. The van der Waals surface area contributed by atoms with E-state index in [1.165, 1.54) is 0 Å². The second-order valence-electron chi connectivity index (χ2n) is 3.94. The van der Waals surface area contributed by atoms with E-state index in [1.54, 1.807) is 4.90 Å². The third-order valence-electron chi connectivity index (χ3n) is 2.88. The molecule has 1 aliphatic carbocycles. The van der Waals surface area contributed by atoms with Crippen LogP contribution in [0.3, 0.4) is 0 Å². The minimum atomic E-state index is -4.05. The highest BCUT2D eigenvalue weighted by Crippen LogP contribution is 2.43. The fourth-order valence-electron chi connectivity index (χ4n) is 1.98. The number of hydrogen-bond acceptors (Lipinski definition) is 2. The van der Waals surface area contributed by atoms with Gasteiger partial charge in [-0.2, -0.15) is 13.2 Å². The summed E-state index contributed by atoms with van der Waals surface area (Å²) in [6.45, 7) is 1.19. The Bertz CT molecular complexity index is 198. The molecule has 1 aliphatic heterocycles. The quantitative estimate of drug-likeness (QED) is 0.669. The van der Waals surface area contributed by atoms with Gasteiger partial charge in [-0.3, -0.25) is 4.90 Å². The molecule has 0 bridgehead atoms. The Morgan fingerprint density at radius 1 is 1.31 bits per heavy atom. The van der Waals surface area contributed by atoms with Crippen molar-refractivity contribution in [2.24, 2.45) is 0 Å². The van der Waals surface area contributed by atoms with Gasteiger partial charge >= 0.3 is 6.18 Å². The van der Waals surface area contributed by atoms with Crippen LogP contribution in [0.25, 0.3) is 0 Å². The van der Waals surface area contributed by atoms with Gasteiger partial charge in [0.15, 0.2) is 0 Å². The van der Waals surface area contributed by atoms with Crippen molar-refractivity contribution in [2.75, 3.05) is 26.2 Å². The zero-order valence-electron chi connectivity index (χ0n) is 7.32. The number of halogens is 3. The first-order valence-corrected chi connectivity index (χ1v) is 4.54. The summed E-state index contributed by atoms with van der Waals surface area (Å²) in [6.07, 6.45) is -2.22. The molecule has 2 fully saturated rings. The average molecular weight is 194 g/mol. The Balaban J connectivity index is 1.97. The number of rotatable bonds is 1. The van der Waals surface area contributed by atoms with Crippen molar-refractivity contribution >= 4 is 0 Å². The topological polar surface area (TPSA) is 15.3 Å². The monoisotopic (exact) mass is 194 g/mol. The van der Waals surface area contributed by atoms with Gasteiger partial charge in [0.05, 0.1) is 6.54 Å². The predicted octanol–water partition coefficient (Wildman–Crippen LogP) is 0.986. The van der Waals surface area contributed by atoms with Crippen molar-refractivity contribution in [3.05, 3.63) is 0 Å². The van der Waals surface area contributed by atoms with Crippen LogP contribution in [-0.4, -0.2) is 42.8 Å². The average Bonchev–Trinajstić information content (AvgIpc) is 2.73. The van der Waals surface area contributed by atoms with E-state index in [0.717, 1.165) is 19.4 Å². The van der Waals surface area contributed by atoms with Gasteiger partial charge < -0.3 is 5.32 Å². The van der Waals surface area contributed by atoms with Gasteiger partial charge in [-0.25, -0.2) is 0 Å². The molecule has 0 aromatic rings. The van der Waals surface area contributed by atoms with Crippen molar-refractivity contribution < 1.29 is 13.2 Å². The van der Waals surface area contributed by atoms with Crippen molar-refractivity contribution in [1.29, 1.82) is 0 Å². The Hall–Kier alpha value is -0.290. The van der Waals surface area contributed by atoms with E-state index in [4.69, 9.17) is 0 Å². The SMILES string of the molecule is FC(F)(F)CN1CCNCC12CC2. The Morgan fingerprint density at radius 2 is 2.00 bits per heavy atom. The Morgan fingerprint density at radius 3 is 2.54 bits per heavy atom. The molecule has 2 nitrogen and oxygen atoms in total. The van der Waals surface area contributed by atoms with Crippen LogP contribution in [0, 0.1) is 0 Å². The molecule has 2 rings (SSSR count). The van der Waals surface area contributed by atoms with Crippen LogP contribution >= 0.6 is 0 Å². The summed E-state index contributed by atoms with van der Waals surface area (Å²) in [5.74, 6) is 0. The van der Waals surface area contributed by atoms with Gasteiger partial charge in [0.1, 0.15) is 0 Å². The van der Waals surface area contributed by atoms with Crippen LogP contribution in [0.2, 0.25) is 0 Å². The number of nitrogens with zero attached hydrogens (tertiary/aromatic N) is 1. The fourth-order valence-corrected chi connectivity index (χ4v) is 1.98. The van der Waals surface area contributed by atoms with Crippen LogP contribution in [0.15, 0.2) is 0 Å². The lowest BCUT2D eigenvalue weighted by Gasteiger charge is -2.36. The van der Waals surface area contributed by atoms with E-state index in [2.05, 4.69) is 5.32 Å². The molecule has 2 aliphatic rings. The maximum Gasteiger partial charge on any atom is 0.401 e. The van der Waals surface area contributed by atoms with Crippen LogP contribution in [0.5, 0.6) is 0 Å². The van der Waals surface area contributed by atoms with Crippen molar-refractivity contribution in [3.63, 3.8) is 0 Å². The zero-order valence-corrected chi connectivity index (χ0v) is 7.32. The van der Waals surface area contributed by atoms with Crippen LogP contribution in [0.4, 0.5) is 13.2 Å². The van der Waals surface area contributed by atoms with E-state index in [0.29, 0.717) is 13.1 Å². The molecular formula is C8H13F3N2. The summed E-state index contributed by atoms with van der Waals surface area (Å²) < 4.78 is 36.4. The molecule has 1 N–H and O–H groups in total. The minimum Gasteiger partial charge on any atom is -0.314 e. The lowest BCUT2D eigenvalue weighted by atomic mass is 10.1. The van der Waals surface area contributed by atoms with Crippen LogP contribution in [-0.2, 0) is 0 Å². The number of alkyl halides is 3. The maximum atomic E-state index is 12.1. The van der Waals surface area contributed by atoms with Crippen LogP contribution < -0.4 is 5.32 Å². The molecule has 1 heterocycles. The normalized spacial score (nSPS) is 27.9. The molecule has 76 valence electrons. The van der Waals surface area contributed by atoms with Crippen molar-refractivity contribution in [1.82, 2.24) is 10.2 Å². The third kappa shape index (κ3) is 1.96. The van der Waals surface area contributed by atoms with Crippen molar-refractivity contribution in [3.8, 4) is 0 Å². The van der Waals surface area contributed by atoms with Crippen molar-refractivity contribution in [2.45, 2.75) is 24.6 Å². The Kier molecular flexibility index (Phi) is 2.03. The molecule has 0 aromatic carbocycles. The Labute approximate surface area is 75.1 Å². The fraction of sp³-hybridized carbons (Fsp3) is 1.00. The van der Waals surface area contributed by atoms with Crippen LogP contribution in [0.1, 0.15) is 12.8 Å². The third-order valence-corrected chi connectivity index (χ3v) is 2.88. The molecule has 1 saturated carbocycles. The van der Waals surface area contributed by atoms with Gasteiger partial charge in [-0.15, -0.1) is 0 Å². The second-order valence-corrected chi connectivity index (χ2v) is 3.94. The van der Waals surface area contributed by atoms with Gasteiger partial charge in [-0.1, -0.05) is 0 Å². The van der Waals surface area contributed by atoms with Gasteiger partial charge in [0.2, 0.25) is 0 Å². The summed E-state index contributed by atoms with van der Waals surface area (Å²) in [4.78, 5) is 1.59. The van der Waals surface area contributed by atoms with Gasteiger partial charge in [0.25, 0.3) is 0 Å². The molecule has 13 heavy (non-hydrogen) atoms. The zero-order chi connectivity index (χ0) is 9.53. The summed E-state index contributed by atoms with van der Waals surface area (Å²) in [6, 6.07) is 0. The highest BCUT2D eigenvalue weighted by Gasteiger charge is 2.51. The van der Waals surface area contributed by atoms with E-state index < -0.39 is 12.7 Å². The number of nitrogens with one attached hydrogen (secondary N) is 1. The molecule has 0 amide bonds. The minimum absolute atomic E-state index is 0.145. The summed E-state index contributed by atoms with van der Waals surface area (Å²) in [5, 5.41) is 3.14. The molecule has 0 aromatic heterocycles. The lowest BCUT2D eigenvalue weighted by Crippen LogP contribution is -2.55. The lowest BCUT2D eigenvalue weighted by molar-refractivity contribution is -0.154. The van der Waals surface area contributed by atoms with Gasteiger partial charge in [0, 0.05) is 25.2 Å². The second kappa shape index (κ2) is 2.85. The first kappa shape index (κ1) is 9.27.